The summed E-state index contributed by atoms with van der Waals surface area (Å²) in [6.07, 6.45) is 3.37. The molecule has 1 aliphatic rings. The fourth-order valence-electron chi connectivity index (χ4n) is 2.53. The number of nitrogens with one attached hydrogen (secondary N) is 1. The molecule has 0 radical (unpaired) electrons. The van der Waals surface area contributed by atoms with Crippen LogP contribution in [-0.4, -0.2) is 48.2 Å². The van der Waals surface area contributed by atoms with E-state index in [1.807, 2.05) is 31.4 Å². The van der Waals surface area contributed by atoms with Crippen molar-refractivity contribution in [3.8, 4) is 0 Å². The lowest BCUT2D eigenvalue weighted by atomic mass is 10.3. The molecule has 3 N–H and O–H groups in total. The maximum absolute atomic E-state index is 6.12. The molecule has 2 aromatic rings. The third-order valence-electron chi connectivity index (χ3n) is 3.65. The van der Waals surface area contributed by atoms with E-state index in [9.17, 15) is 0 Å². The molecule has 3 heterocycles. The predicted molar refractivity (Wildman–Crippen MR) is 84.7 cm³/mol. The molecule has 0 bridgehead atoms. The first-order valence-corrected chi connectivity index (χ1v) is 6.98. The molecule has 0 saturated carbocycles. The highest BCUT2D eigenvalue weighted by Gasteiger charge is 2.21. The lowest BCUT2D eigenvalue weighted by Gasteiger charge is -2.36. The first kappa shape index (κ1) is 13.4. The van der Waals surface area contributed by atoms with Crippen LogP contribution >= 0.6 is 0 Å². The van der Waals surface area contributed by atoms with Gasteiger partial charge in [-0.1, -0.05) is 6.07 Å². The summed E-state index contributed by atoms with van der Waals surface area (Å²) in [6, 6.07) is 5.98. The van der Waals surface area contributed by atoms with E-state index in [0.29, 0.717) is 11.5 Å². The van der Waals surface area contributed by atoms with E-state index in [4.69, 9.17) is 5.73 Å². The third-order valence-corrected chi connectivity index (χ3v) is 3.65. The van der Waals surface area contributed by atoms with Gasteiger partial charge >= 0.3 is 0 Å². The van der Waals surface area contributed by atoms with Crippen molar-refractivity contribution < 1.29 is 0 Å². The molecule has 110 valence electrons. The Bertz CT molecular complexity index is 594. The van der Waals surface area contributed by atoms with Crippen molar-refractivity contribution in [3.63, 3.8) is 0 Å². The smallest absolute Gasteiger partial charge is 0.157 e. The van der Waals surface area contributed by atoms with Crippen LogP contribution in [0.3, 0.4) is 0 Å². The number of nitrogens with two attached hydrogens (primary N) is 1. The van der Waals surface area contributed by atoms with E-state index in [1.54, 1.807) is 6.33 Å². The summed E-state index contributed by atoms with van der Waals surface area (Å²) in [5.74, 6) is 2.49. The second kappa shape index (κ2) is 5.82. The maximum atomic E-state index is 6.12. The molecule has 0 unspecified atom stereocenters. The Hall–Kier alpha value is -2.57. The van der Waals surface area contributed by atoms with Gasteiger partial charge in [0, 0.05) is 39.4 Å². The van der Waals surface area contributed by atoms with Crippen LogP contribution in [0.4, 0.5) is 23.1 Å². The summed E-state index contributed by atoms with van der Waals surface area (Å²) in [6.45, 7) is 3.52. The summed E-state index contributed by atoms with van der Waals surface area (Å²) in [5.41, 5.74) is 6.72. The van der Waals surface area contributed by atoms with Crippen molar-refractivity contribution in [1.82, 2.24) is 15.0 Å². The molecule has 21 heavy (non-hydrogen) atoms. The van der Waals surface area contributed by atoms with Crippen molar-refractivity contribution >= 4 is 23.1 Å². The Morgan fingerprint density at radius 1 is 1.05 bits per heavy atom. The van der Waals surface area contributed by atoms with Crippen LogP contribution in [-0.2, 0) is 0 Å². The molecule has 0 aliphatic carbocycles. The number of pyridine rings is 1. The van der Waals surface area contributed by atoms with Gasteiger partial charge in [0.15, 0.2) is 11.6 Å². The Morgan fingerprint density at radius 3 is 2.48 bits per heavy atom. The molecular weight excluding hydrogens is 266 g/mol. The van der Waals surface area contributed by atoms with Crippen LogP contribution < -0.4 is 20.9 Å². The summed E-state index contributed by atoms with van der Waals surface area (Å²) >= 11 is 0. The largest absolute Gasteiger partial charge is 0.393 e. The second-order valence-electron chi connectivity index (χ2n) is 4.87. The van der Waals surface area contributed by atoms with Crippen molar-refractivity contribution in [2.24, 2.45) is 0 Å². The number of anilines is 4. The highest BCUT2D eigenvalue weighted by Crippen LogP contribution is 2.26. The number of nitrogen functional groups attached to an aromatic ring is 1. The molecule has 0 atom stereocenters. The number of piperazine rings is 1. The minimum absolute atomic E-state index is 0.603. The molecule has 0 amide bonds. The Balaban J connectivity index is 1.72. The molecule has 7 nitrogen and oxygen atoms in total. The monoisotopic (exact) mass is 285 g/mol. The summed E-state index contributed by atoms with van der Waals surface area (Å²) < 4.78 is 0. The van der Waals surface area contributed by atoms with Crippen molar-refractivity contribution in [1.29, 1.82) is 0 Å². The topological polar surface area (TPSA) is 83.2 Å². The quantitative estimate of drug-likeness (QED) is 0.864. The van der Waals surface area contributed by atoms with Gasteiger partial charge in [0.25, 0.3) is 0 Å². The van der Waals surface area contributed by atoms with Crippen molar-refractivity contribution in [2.45, 2.75) is 0 Å². The zero-order valence-electron chi connectivity index (χ0n) is 12.0. The van der Waals surface area contributed by atoms with Gasteiger partial charge in [0.1, 0.15) is 17.8 Å². The van der Waals surface area contributed by atoms with Crippen LogP contribution in [0.25, 0.3) is 0 Å². The van der Waals surface area contributed by atoms with Gasteiger partial charge in [-0.3, -0.25) is 0 Å². The molecule has 1 saturated heterocycles. The minimum atomic E-state index is 0.603. The number of hydrogen-bond donors (Lipinski definition) is 2. The van der Waals surface area contributed by atoms with Gasteiger partial charge in [-0.05, 0) is 12.1 Å². The average Bonchev–Trinajstić information content (AvgIpc) is 2.56. The highest BCUT2D eigenvalue weighted by atomic mass is 15.3. The minimum Gasteiger partial charge on any atom is -0.393 e. The zero-order chi connectivity index (χ0) is 14.7. The summed E-state index contributed by atoms with van der Waals surface area (Å²) in [7, 11) is 1.81. The van der Waals surface area contributed by atoms with Crippen LogP contribution in [0.5, 0.6) is 0 Å². The Labute approximate surface area is 123 Å². The molecule has 1 fully saturated rings. The van der Waals surface area contributed by atoms with Crippen molar-refractivity contribution in [3.05, 3.63) is 30.7 Å². The van der Waals surface area contributed by atoms with Gasteiger partial charge in [-0.25, -0.2) is 15.0 Å². The molecule has 3 rings (SSSR count). The van der Waals surface area contributed by atoms with E-state index >= 15 is 0 Å². The summed E-state index contributed by atoms with van der Waals surface area (Å²) in [5, 5.41) is 2.99. The number of aromatic nitrogens is 3. The lowest BCUT2D eigenvalue weighted by Crippen LogP contribution is -2.47. The van der Waals surface area contributed by atoms with E-state index in [0.717, 1.165) is 37.8 Å². The summed E-state index contributed by atoms with van der Waals surface area (Å²) in [4.78, 5) is 17.3. The van der Waals surface area contributed by atoms with Gasteiger partial charge in [-0.2, -0.15) is 0 Å². The predicted octanol–water partition coefficient (Wildman–Crippen LogP) is 0.822. The standard InChI is InChI=1S/C14H19N7/c1-16-13-12(15)14(19-10-18-13)21-8-6-20(7-9-21)11-4-2-3-5-17-11/h2-5,10H,6-9,15H2,1H3,(H,16,18,19). The van der Waals surface area contributed by atoms with E-state index in [2.05, 4.69) is 30.1 Å². The van der Waals surface area contributed by atoms with Crippen LogP contribution in [0.2, 0.25) is 0 Å². The van der Waals surface area contributed by atoms with Gasteiger partial charge in [0.05, 0.1) is 0 Å². The number of nitrogens with zero attached hydrogens (tertiary/aromatic N) is 5. The fourth-order valence-corrected chi connectivity index (χ4v) is 2.53. The Morgan fingerprint density at radius 2 is 1.81 bits per heavy atom. The van der Waals surface area contributed by atoms with Crippen molar-refractivity contribution in [2.75, 3.05) is 54.1 Å². The molecule has 7 heteroatoms. The van der Waals surface area contributed by atoms with E-state index in [1.165, 1.54) is 0 Å². The molecule has 0 spiro atoms. The first-order valence-electron chi connectivity index (χ1n) is 6.98. The highest BCUT2D eigenvalue weighted by molar-refractivity contribution is 5.75. The Kier molecular flexibility index (Phi) is 3.72. The van der Waals surface area contributed by atoms with Crippen LogP contribution in [0.1, 0.15) is 0 Å². The van der Waals surface area contributed by atoms with E-state index < -0.39 is 0 Å². The normalized spacial score (nSPS) is 15.1. The van der Waals surface area contributed by atoms with Gasteiger partial charge in [-0.15, -0.1) is 0 Å². The first-order chi connectivity index (χ1) is 10.3. The molecule has 0 aromatic carbocycles. The van der Waals surface area contributed by atoms with E-state index in [-0.39, 0.29) is 0 Å². The average molecular weight is 285 g/mol. The van der Waals surface area contributed by atoms with Crippen LogP contribution in [0, 0.1) is 0 Å². The zero-order valence-corrected chi connectivity index (χ0v) is 12.0. The molecule has 2 aromatic heterocycles. The SMILES string of the molecule is CNc1ncnc(N2CCN(c3ccccn3)CC2)c1N. The lowest BCUT2D eigenvalue weighted by molar-refractivity contribution is 0.642. The van der Waals surface area contributed by atoms with Gasteiger partial charge < -0.3 is 20.9 Å². The second-order valence-corrected chi connectivity index (χ2v) is 4.87. The number of hydrogen-bond acceptors (Lipinski definition) is 7. The van der Waals surface area contributed by atoms with Gasteiger partial charge in [0.2, 0.25) is 0 Å². The third kappa shape index (κ3) is 2.67. The fraction of sp³-hybridized carbons (Fsp3) is 0.357. The molecular formula is C14H19N7. The molecule has 1 aliphatic heterocycles. The van der Waals surface area contributed by atoms with Crippen LogP contribution in [0.15, 0.2) is 30.7 Å². The maximum Gasteiger partial charge on any atom is 0.157 e. The number of rotatable bonds is 3.